The molecule has 0 saturated heterocycles. The molecular formula is C19H23NO4. The molecule has 5 nitrogen and oxygen atoms in total. The zero-order chi connectivity index (χ0) is 17.1. The van der Waals surface area contributed by atoms with Gasteiger partial charge in [0.15, 0.2) is 0 Å². The highest BCUT2D eigenvalue weighted by Gasteiger charge is 2.21. The average Bonchev–Trinajstić information content (AvgIpc) is 2.62. The van der Waals surface area contributed by atoms with Crippen LogP contribution in [0.4, 0.5) is 0 Å². The number of ether oxygens (including phenoxy) is 2. The van der Waals surface area contributed by atoms with E-state index in [0.29, 0.717) is 11.3 Å². The number of nitrogens with one attached hydrogen (secondary N) is 1. The number of rotatable bonds is 4. The summed E-state index contributed by atoms with van der Waals surface area (Å²) in [4.78, 5) is 27.6. The second-order valence-corrected chi connectivity index (χ2v) is 6.23. The molecule has 1 heterocycles. The van der Waals surface area contributed by atoms with E-state index in [1.807, 2.05) is 6.07 Å². The minimum absolute atomic E-state index is 0.0248. The van der Waals surface area contributed by atoms with E-state index in [9.17, 15) is 9.59 Å². The molecule has 0 unspecified atom stereocenters. The van der Waals surface area contributed by atoms with Crippen LogP contribution >= 0.6 is 0 Å². The van der Waals surface area contributed by atoms with Crippen molar-refractivity contribution in [1.82, 2.24) is 4.98 Å². The first-order valence-electron chi connectivity index (χ1n) is 8.56. The van der Waals surface area contributed by atoms with E-state index in [0.717, 1.165) is 29.7 Å². The maximum Gasteiger partial charge on any atom is 0.343 e. The molecule has 1 N–H and O–H groups in total. The maximum atomic E-state index is 12.6. The fourth-order valence-corrected chi connectivity index (χ4v) is 3.53. The van der Waals surface area contributed by atoms with Crippen molar-refractivity contribution in [2.45, 2.75) is 44.9 Å². The number of esters is 1. The normalized spacial score (nSPS) is 15.4. The predicted molar refractivity (Wildman–Crippen MR) is 92.9 cm³/mol. The average molecular weight is 329 g/mol. The number of carbonyl (C=O) groups excluding carboxylic acids is 1. The van der Waals surface area contributed by atoms with E-state index < -0.39 is 5.97 Å². The van der Waals surface area contributed by atoms with E-state index in [4.69, 9.17) is 9.47 Å². The Morgan fingerprint density at radius 2 is 2.00 bits per heavy atom. The van der Waals surface area contributed by atoms with E-state index in [-0.39, 0.29) is 17.6 Å². The minimum Gasteiger partial charge on any atom is -0.496 e. The van der Waals surface area contributed by atoms with Crippen LogP contribution in [0.3, 0.4) is 0 Å². The smallest absolute Gasteiger partial charge is 0.343 e. The van der Waals surface area contributed by atoms with Crippen molar-refractivity contribution in [2.24, 2.45) is 0 Å². The van der Waals surface area contributed by atoms with Gasteiger partial charge in [-0.3, -0.25) is 4.79 Å². The first-order chi connectivity index (χ1) is 11.7. The quantitative estimate of drug-likeness (QED) is 0.867. The third-order valence-electron chi connectivity index (χ3n) is 4.77. The molecule has 24 heavy (non-hydrogen) atoms. The lowest BCUT2D eigenvalue weighted by atomic mass is 9.83. The highest BCUT2D eigenvalue weighted by atomic mass is 16.5. The number of aromatic nitrogens is 1. The van der Waals surface area contributed by atoms with Gasteiger partial charge in [0.05, 0.1) is 19.1 Å². The summed E-state index contributed by atoms with van der Waals surface area (Å²) >= 11 is 0. The molecule has 1 aliphatic rings. The van der Waals surface area contributed by atoms with Gasteiger partial charge >= 0.3 is 5.97 Å². The Morgan fingerprint density at radius 1 is 1.25 bits per heavy atom. The molecular weight excluding hydrogens is 306 g/mol. The molecule has 3 rings (SSSR count). The van der Waals surface area contributed by atoms with Crippen LogP contribution in [0.15, 0.2) is 23.1 Å². The standard InChI is InChI=1S/C19H23NO4/c1-3-24-19(22)15-11-20-16-9-13(12-7-5-4-6-8-12)17(23-2)10-14(16)18(15)21/h9-12H,3-8H2,1-2H3,(H,20,21). The number of hydrogen-bond acceptors (Lipinski definition) is 4. The predicted octanol–water partition coefficient (Wildman–Crippen LogP) is 3.76. The van der Waals surface area contributed by atoms with Gasteiger partial charge in [0.25, 0.3) is 0 Å². The fraction of sp³-hybridized carbons (Fsp3) is 0.474. The second kappa shape index (κ2) is 7.07. The maximum absolute atomic E-state index is 12.6. The van der Waals surface area contributed by atoms with Crippen LogP contribution in [0.5, 0.6) is 5.75 Å². The summed E-state index contributed by atoms with van der Waals surface area (Å²) in [5.41, 5.74) is 1.58. The number of fused-ring (bicyclic) bond motifs is 1. The van der Waals surface area contributed by atoms with Gasteiger partial charge < -0.3 is 14.5 Å². The molecule has 2 aromatic rings. The number of carbonyl (C=O) groups is 1. The summed E-state index contributed by atoms with van der Waals surface area (Å²) in [6.45, 7) is 1.95. The van der Waals surface area contributed by atoms with E-state index in [1.54, 1.807) is 20.1 Å². The number of benzene rings is 1. The van der Waals surface area contributed by atoms with Crippen molar-refractivity contribution in [3.63, 3.8) is 0 Å². The van der Waals surface area contributed by atoms with Gasteiger partial charge in [0.1, 0.15) is 11.3 Å². The Balaban J connectivity index is 2.10. The van der Waals surface area contributed by atoms with Crippen LogP contribution in [0, 0.1) is 0 Å². The Labute approximate surface area is 141 Å². The Kier molecular flexibility index (Phi) is 4.88. The summed E-state index contributed by atoms with van der Waals surface area (Å²) < 4.78 is 10.5. The molecule has 0 bridgehead atoms. The Bertz CT molecular complexity index is 803. The molecule has 5 heteroatoms. The molecule has 1 aromatic carbocycles. The molecule has 128 valence electrons. The lowest BCUT2D eigenvalue weighted by Gasteiger charge is -2.24. The lowest BCUT2D eigenvalue weighted by molar-refractivity contribution is 0.0524. The van der Waals surface area contributed by atoms with Gasteiger partial charge in [0, 0.05) is 11.7 Å². The zero-order valence-corrected chi connectivity index (χ0v) is 14.2. The van der Waals surface area contributed by atoms with Gasteiger partial charge in [-0.1, -0.05) is 19.3 Å². The Hall–Kier alpha value is -2.30. The largest absolute Gasteiger partial charge is 0.496 e. The molecule has 1 fully saturated rings. The Morgan fingerprint density at radius 3 is 2.67 bits per heavy atom. The van der Waals surface area contributed by atoms with Crippen molar-refractivity contribution in [1.29, 1.82) is 0 Å². The van der Waals surface area contributed by atoms with Crippen molar-refractivity contribution in [2.75, 3.05) is 13.7 Å². The van der Waals surface area contributed by atoms with Crippen LogP contribution in [0.25, 0.3) is 10.9 Å². The van der Waals surface area contributed by atoms with Crippen molar-refractivity contribution >= 4 is 16.9 Å². The van der Waals surface area contributed by atoms with Crippen LogP contribution in [-0.2, 0) is 4.74 Å². The fourth-order valence-electron chi connectivity index (χ4n) is 3.53. The zero-order valence-electron chi connectivity index (χ0n) is 14.2. The number of aromatic amines is 1. The van der Waals surface area contributed by atoms with Crippen molar-refractivity contribution in [3.05, 3.63) is 39.7 Å². The molecule has 0 spiro atoms. The molecule has 1 aliphatic carbocycles. The van der Waals surface area contributed by atoms with Crippen molar-refractivity contribution in [3.8, 4) is 5.75 Å². The minimum atomic E-state index is -0.601. The first-order valence-corrected chi connectivity index (χ1v) is 8.56. The first kappa shape index (κ1) is 16.6. The van der Waals surface area contributed by atoms with Crippen LogP contribution in [-0.4, -0.2) is 24.7 Å². The summed E-state index contributed by atoms with van der Waals surface area (Å²) in [5, 5.41) is 0.456. The van der Waals surface area contributed by atoms with Gasteiger partial charge in [-0.2, -0.15) is 0 Å². The van der Waals surface area contributed by atoms with Gasteiger partial charge in [-0.25, -0.2) is 4.79 Å². The van der Waals surface area contributed by atoms with Gasteiger partial charge in [-0.15, -0.1) is 0 Å². The summed E-state index contributed by atoms with van der Waals surface area (Å²) in [6.07, 6.45) is 7.47. The summed E-state index contributed by atoms with van der Waals surface area (Å²) in [5.74, 6) is 0.586. The molecule has 0 radical (unpaired) electrons. The highest BCUT2D eigenvalue weighted by Crippen LogP contribution is 2.38. The number of pyridine rings is 1. The molecule has 0 atom stereocenters. The number of methoxy groups -OCH3 is 1. The number of H-pyrrole nitrogens is 1. The van der Waals surface area contributed by atoms with E-state index >= 15 is 0 Å². The van der Waals surface area contributed by atoms with Crippen LogP contribution < -0.4 is 10.2 Å². The highest BCUT2D eigenvalue weighted by molar-refractivity contribution is 5.94. The number of hydrogen-bond donors (Lipinski definition) is 1. The third-order valence-corrected chi connectivity index (χ3v) is 4.77. The van der Waals surface area contributed by atoms with Gasteiger partial charge in [-0.05, 0) is 43.4 Å². The molecule has 1 saturated carbocycles. The van der Waals surface area contributed by atoms with Crippen molar-refractivity contribution < 1.29 is 14.3 Å². The van der Waals surface area contributed by atoms with E-state index in [2.05, 4.69) is 4.98 Å². The molecule has 0 amide bonds. The van der Waals surface area contributed by atoms with Crippen LogP contribution in [0.1, 0.15) is 60.9 Å². The topological polar surface area (TPSA) is 68.4 Å². The SMILES string of the molecule is CCOC(=O)c1c[nH]c2cc(C3CCCCC3)c(OC)cc2c1=O. The summed E-state index contributed by atoms with van der Waals surface area (Å²) in [6, 6.07) is 3.75. The third kappa shape index (κ3) is 3.03. The van der Waals surface area contributed by atoms with Crippen LogP contribution in [0.2, 0.25) is 0 Å². The van der Waals surface area contributed by atoms with E-state index in [1.165, 1.54) is 25.5 Å². The summed E-state index contributed by atoms with van der Waals surface area (Å²) in [7, 11) is 1.62. The van der Waals surface area contributed by atoms with Gasteiger partial charge in [0.2, 0.25) is 5.43 Å². The molecule has 1 aromatic heterocycles. The lowest BCUT2D eigenvalue weighted by Crippen LogP contribution is -2.18. The second-order valence-electron chi connectivity index (χ2n) is 6.23. The monoisotopic (exact) mass is 329 g/mol. The molecule has 0 aliphatic heterocycles.